The molecule has 0 radical (unpaired) electrons. The highest BCUT2D eigenvalue weighted by Gasteiger charge is 2.04. The second-order valence-corrected chi connectivity index (χ2v) is 1.23. The fourth-order valence-electron chi connectivity index (χ4n) is 0.107. The van der Waals surface area contributed by atoms with Crippen molar-refractivity contribution in [1.82, 2.24) is 0 Å². The Balaban J connectivity index is 3.35. The predicted molar refractivity (Wildman–Crippen MR) is 23.9 cm³/mol. The van der Waals surface area contributed by atoms with Crippen LogP contribution in [-0.4, -0.2) is 12.0 Å². The molecule has 0 bridgehead atoms. The molecule has 0 fully saturated rings. The van der Waals surface area contributed by atoms with E-state index in [0.29, 0.717) is 0 Å². The first-order valence-corrected chi connectivity index (χ1v) is 1.84. The Morgan fingerprint density at radius 1 is 1.86 bits per heavy atom. The molecule has 0 aromatic carbocycles. The molecular formula is C3H8N2O2. The third kappa shape index (κ3) is 2.13. The maximum atomic E-state index is 10.0. The van der Waals surface area contributed by atoms with Gasteiger partial charge in [0.25, 0.3) is 0 Å². The van der Waals surface area contributed by atoms with Crippen LogP contribution in [0.5, 0.6) is 0 Å². The summed E-state index contributed by atoms with van der Waals surface area (Å²) in [5.41, 5.74) is 4.99. The van der Waals surface area contributed by atoms with Gasteiger partial charge in [-0.05, 0) is 6.92 Å². The molecule has 0 rings (SSSR count). The van der Waals surface area contributed by atoms with E-state index in [4.69, 9.17) is 5.73 Å². The van der Waals surface area contributed by atoms with Crippen molar-refractivity contribution in [1.29, 1.82) is 0 Å². The van der Waals surface area contributed by atoms with Crippen molar-refractivity contribution >= 4 is 5.97 Å². The molecule has 0 heterocycles. The van der Waals surface area contributed by atoms with E-state index in [-0.39, 0.29) is 0 Å². The van der Waals surface area contributed by atoms with E-state index in [2.05, 4.69) is 10.7 Å². The van der Waals surface area contributed by atoms with Crippen molar-refractivity contribution in [2.24, 2.45) is 11.6 Å². The van der Waals surface area contributed by atoms with Crippen LogP contribution >= 0.6 is 0 Å². The SMILES string of the molecule is CC(N)C(=O)ON. The molecular weight excluding hydrogens is 96.0 g/mol. The quantitative estimate of drug-likeness (QED) is 0.407. The number of carbonyl (C=O) groups excluding carboxylic acids is 1. The second kappa shape index (κ2) is 2.54. The minimum Gasteiger partial charge on any atom is -0.372 e. The van der Waals surface area contributed by atoms with Crippen LogP contribution < -0.4 is 11.6 Å². The Hall–Kier alpha value is -0.610. The average Bonchev–Trinajstić information content (AvgIpc) is 1.65. The normalized spacial score (nSPS) is 13.0. The Bertz CT molecular complexity index is 71.3. The van der Waals surface area contributed by atoms with Crippen molar-refractivity contribution in [3.63, 3.8) is 0 Å². The van der Waals surface area contributed by atoms with Gasteiger partial charge in [0, 0.05) is 0 Å². The first-order valence-electron chi connectivity index (χ1n) is 1.84. The lowest BCUT2D eigenvalue weighted by molar-refractivity contribution is -0.145. The van der Waals surface area contributed by atoms with E-state index in [1.165, 1.54) is 6.92 Å². The molecule has 0 saturated carbocycles. The molecule has 1 atom stereocenters. The first-order chi connectivity index (χ1) is 3.18. The lowest BCUT2D eigenvalue weighted by Crippen LogP contribution is -2.30. The smallest absolute Gasteiger partial charge is 0.341 e. The molecule has 42 valence electrons. The minimum absolute atomic E-state index is 0.597. The van der Waals surface area contributed by atoms with Crippen molar-refractivity contribution in [2.45, 2.75) is 13.0 Å². The predicted octanol–water partition coefficient (Wildman–Crippen LogP) is -1.25. The van der Waals surface area contributed by atoms with Gasteiger partial charge in [-0.1, -0.05) is 0 Å². The standard InChI is InChI=1S/C3H8N2O2/c1-2(4)3(6)7-5/h2H,4-5H2,1H3. The van der Waals surface area contributed by atoms with Gasteiger partial charge in [0.15, 0.2) is 0 Å². The Kier molecular flexibility index (Phi) is 2.32. The molecule has 0 aromatic rings. The van der Waals surface area contributed by atoms with Gasteiger partial charge in [0.1, 0.15) is 6.04 Å². The van der Waals surface area contributed by atoms with E-state index < -0.39 is 12.0 Å². The summed E-state index contributed by atoms with van der Waals surface area (Å²) in [5, 5.41) is 0. The molecule has 4 N–H and O–H groups in total. The van der Waals surface area contributed by atoms with E-state index in [9.17, 15) is 4.79 Å². The Labute approximate surface area is 41.4 Å². The summed E-state index contributed by atoms with van der Waals surface area (Å²) in [6, 6.07) is -0.620. The van der Waals surface area contributed by atoms with Crippen molar-refractivity contribution < 1.29 is 9.63 Å². The molecule has 0 aliphatic carbocycles. The molecule has 0 saturated heterocycles. The van der Waals surface area contributed by atoms with Gasteiger partial charge in [-0.3, -0.25) is 0 Å². The summed E-state index contributed by atoms with van der Waals surface area (Å²) < 4.78 is 0. The lowest BCUT2D eigenvalue weighted by atomic mass is 10.4. The van der Waals surface area contributed by atoms with Crippen molar-refractivity contribution in [2.75, 3.05) is 0 Å². The zero-order valence-corrected chi connectivity index (χ0v) is 4.05. The van der Waals surface area contributed by atoms with Crippen LogP contribution in [0.1, 0.15) is 6.92 Å². The van der Waals surface area contributed by atoms with E-state index in [0.717, 1.165) is 0 Å². The molecule has 0 spiro atoms. The average molecular weight is 104 g/mol. The molecule has 0 aliphatic rings. The summed E-state index contributed by atoms with van der Waals surface area (Å²) in [6.07, 6.45) is 0. The Morgan fingerprint density at radius 3 is 2.29 bits per heavy atom. The van der Waals surface area contributed by atoms with Gasteiger partial charge in [-0.15, -0.1) is 0 Å². The van der Waals surface area contributed by atoms with Crippen LogP contribution in [0.2, 0.25) is 0 Å². The summed E-state index contributed by atoms with van der Waals surface area (Å²) in [5.74, 6) is 3.85. The summed E-state index contributed by atoms with van der Waals surface area (Å²) in [4.78, 5) is 13.8. The maximum absolute atomic E-state index is 10.0. The topological polar surface area (TPSA) is 78.3 Å². The third-order valence-electron chi connectivity index (χ3n) is 0.488. The van der Waals surface area contributed by atoms with Gasteiger partial charge in [-0.2, -0.15) is 5.90 Å². The highest BCUT2D eigenvalue weighted by Crippen LogP contribution is 1.74. The summed E-state index contributed by atoms with van der Waals surface area (Å²) in [7, 11) is 0. The van der Waals surface area contributed by atoms with Crippen molar-refractivity contribution in [3.8, 4) is 0 Å². The number of rotatable bonds is 1. The fraction of sp³-hybridized carbons (Fsp3) is 0.667. The highest BCUT2D eigenvalue weighted by atomic mass is 16.7. The number of nitrogens with two attached hydrogens (primary N) is 2. The number of hydrogen-bond acceptors (Lipinski definition) is 4. The highest BCUT2D eigenvalue weighted by molar-refractivity contribution is 5.74. The molecule has 7 heavy (non-hydrogen) atoms. The van der Waals surface area contributed by atoms with Crippen LogP contribution in [0.15, 0.2) is 0 Å². The summed E-state index contributed by atoms with van der Waals surface area (Å²) in [6.45, 7) is 1.50. The fourth-order valence-corrected chi connectivity index (χ4v) is 0.107. The lowest BCUT2D eigenvalue weighted by Gasteiger charge is -1.97. The zero-order chi connectivity index (χ0) is 5.86. The van der Waals surface area contributed by atoms with Gasteiger partial charge < -0.3 is 10.6 Å². The minimum atomic E-state index is -0.620. The molecule has 4 heteroatoms. The number of hydrogen-bond donors (Lipinski definition) is 2. The van der Waals surface area contributed by atoms with Gasteiger partial charge >= 0.3 is 5.97 Å². The maximum Gasteiger partial charge on any atom is 0.341 e. The van der Waals surface area contributed by atoms with E-state index in [1.54, 1.807) is 0 Å². The largest absolute Gasteiger partial charge is 0.372 e. The van der Waals surface area contributed by atoms with Crippen LogP contribution in [0.4, 0.5) is 0 Å². The number of carbonyl (C=O) groups is 1. The van der Waals surface area contributed by atoms with Gasteiger partial charge in [-0.25, -0.2) is 4.79 Å². The molecule has 0 amide bonds. The molecule has 4 nitrogen and oxygen atoms in total. The van der Waals surface area contributed by atoms with E-state index in [1.807, 2.05) is 0 Å². The second-order valence-electron chi connectivity index (χ2n) is 1.23. The first kappa shape index (κ1) is 6.39. The van der Waals surface area contributed by atoms with Crippen LogP contribution in [0, 0.1) is 0 Å². The third-order valence-corrected chi connectivity index (χ3v) is 0.488. The van der Waals surface area contributed by atoms with Gasteiger partial charge in [0.05, 0.1) is 0 Å². The van der Waals surface area contributed by atoms with Gasteiger partial charge in [0.2, 0.25) is 0 Å². The van der Waals surface area contributed by atoms with Crippen LogP contribution in [0.3, 0.4) is 0 Å². The molecule has 0 aromatic heterocycles. The summed E-state index contributed by atoms with van der Waals surface area (Å²) >= 11 is 0. The monoisotopic (exact) mass is 104 g/mol. The zero-order valence-electron chi connectivity index (χ0n) is 4.05. The van der Waals surface area contributed by atoms with Crippen LogP contribution in [-0.2, 0) is 9.63 Å². The van der Waals surface area contributed by atoms with E-state index >= 15 is 0 Å². The molecule has 1 unspecified atom stereocenters. The van der Waals surface area contributed by atoms with Crippen LogP contribution in [0.25, 0.3) is 0 Å². The Morgan fingerprint density at radius 2 is 2.29 bits per heavy atom. The molecule has 0 aliphatic heterocycles. The van der Waals surface area contributed by atoms with Crippen molar-refractivity contribution in [3.05, 3.63) is 0 Å².